The Balaban J connectivity index is 2.12. The number of nitrogens with one attached hydrogen (secondary N) is 2. The summed E-state index contributed by atoms with van der Waals surface area (Å²) in [7, 11) is 0. The third-order valence-electron chi connectivity index (χ3n) is 2.62. The highest BCUT2D eigenvalue weighted by molar-refractivity contribution is 5.83. The van der Waals surface area contributed by atoms with Crippen LogP contribution in [0.5, 0.6) is 0 Å². The lowest BCUT2D eigenvalue weighted by Crippen LogP contribution is -2.28. The molecule has 0 fully saturated rings. The van der Waals surface area contributed by atoms with Crippen molar-refractivity contribution < 1.29 is 9.59 Å². The van der Waals surface area contributed by atoms with Crippen LogP contribution in [0.3, 0.4) is 0 Å². The van der Waals surface area contributed by atoms with E-state index in [-0.39, 0.29) is 24.7 Å². The second-order valence-electron chi connectivity index (χ2n) is 4.30. The summed E-state index contributed by atoms with van der Waals surface area (Å²) >= 11 is 0. The Morgan fingerprint density at radius 3 is 2.53 bits per heavy atom. The van der Waals surface area contributed by atoms with Gasteiger partial charge in [0, 0.05) is 25.6 Å². The van der Waals surface area contributed by atoms with Crippen LogP contribution in [0.4, 0.5) is 0 Å². The van der Waals surface area contributed by atoms with Crippen molar-refractivity contribution in [1.82, 2.24) is 15.6 Å². The highest BCUT2D eigenvalue weighted by atomic mass is 16.2. The molecule has 0 aliphatic carbocycles. The van der Waals surface area contributed by atoms with Crippen molar-refractivity contribution in [1.29, 1.82) is 0 Å². The minimum absolute atomic E-state index is 0.0681. The number of carbonyl (C=O) groups excluding carboxylic acids is 2. The molecule has 0 bridgehead atoms. The largest absolute Gasteiger partial charge is 0.356 e. The van der Waals surface area contributed by atoms with Crippen LogP contribution in [-0.2, 0) is 16.1 Å². The molecule has 0 aromatic carbocycles. The zero-order valence-electron chi connectivity index (χ0n) is 11.3. The molecule has 104 valence electrons. The molecule has 0 saturated carbocycles. The van der Waals surface area contributed by atoms with Gasteiger partial charge in [-0.25, -0.2) is 0 Å². The number of hydrogen-bond donors (Lipinski definition) is 2. The molecule has 1 heterocycles. The second kappa shape index (κ2) is 9.08. The van der Waals surface area contributed by atoms with E-state index in [9.17, 15) is 9.59 Å². The van der Waals surface area contributed by atoms with E-state index in [1.165, 1.54) is 0 Å². The molecule has 19 heavy (non-hydrogen) atoms. The van der Waals surface area contributed by atoms with E-state index < -0.39 is 0 Å². The van der Waals surface area contributed by atoms with Gasteiger partial charge in [0.15, 0.2) is 0 Å². The highest BCUT2D eigenvalue weighted by Crippen LogP contribution is 1.94. The third-order valence-corrected chi connectivity index (χ3v) is 2.62. The SMILES string of the molecule is CCCCNC(=O)CCC(=O)NCc1ccccn1. The number of carbonyl (C=O) groups is 2. The van der Waals surface area contributed by atoms with Crippen LogP contribution in [0.15, 0.2) is 24.4 Å². The first-order chi connectivity index (χ1) is 9.22. The fourth-order valence-electron chi connectivity index (χ4n) is 1.50. The zero-order chi connectivity index (χ0) is 13.9. The molecule has 5 heteroatoms. The molecule has 0 spiro atoms. The molecule has 0 radical (unpaired) electrons. The number of hydrogen-bond acceptors (Lipinski definition) is 3. The summed E-state index contributed by atoms with van der Waals surface area (Å²) < 4.78 is 0. The smallest absolute Gasteiger partial charge is 0.220 e. The van der Waals surface area contributed by atoms with Crippen molar-refractivity contribution in [3.05, 3.63) is 30.1 Å². The number of aromatic nitrogens is 1. The number of amides is 2. The first-order valence-electron chi connectivity index (χ1n) is 6.65. The topological polar surface area (TPSA) is 71.1 Å². The van der Waals surface area contributed by atoms with Gasteiger partial charge < -0.3 is 10.6 Å². The van der Waals surface area contributed by atoms with Gasteiger partial charge in [0.05, 0.1) is 12.2 Å². The minimum atomic E-state index is -0.128. The van der Waals surface area contributed by atoms with Crippen molar-refractivity contribution in [2.45, 2.75) is 39.2 Å². The number of pyridine rings is 1. The summed E-state index contributed by atoms with van der Waals surface area (Å²) in [5, 5.41) is 5.52. The average molecular weight is 263 g/mol. The molecule has 0 saturated heterocycles. The van der Waals surface area contributed by atoms with Crippen LogP contribution in [0.25, 0.3) is 0 Å². The molecule has 0 aliphatic heterocycles. The first kappa shape index (κ1) is 15.1. The lowest BCUT2D eigenvalue weighted by Gasteiger charge is -2.05. The second-order valence-corrected chi connectivity index (χ2v) is 4.30. The number of nitrogens with zero attached hydrogens (tertiary/aromatic N) is 1. The maximum Gasteiger partial charge on any atom is 0.220 e. The fraction of sp³-hybridized carbons (Fsp3) is 0.500. The molecule has 0 unspecified atom stereocenters. The van der Waals surface area contributed by atoms with Crippen LogP contribution in [-0.4, -0.2) is 23.3 Å². The molecular formula is C14H21N3O2. The van der Waals surface area contributed by atoms with E-state index >= 15 is 0 Å². The van der Waals surface area contributed by atoms with Gasteiger partial charge in [0.1, 0.15) is 0 Å². The summed E-state index contributed by atoms with van der Waals surface area (Å²) in [4.78, 5) is 27.0. The quantitative estimate of drug-likeness (QED) is 0.696. The number of rotatable bonds is 8. The van der Waals surface area contributed by atoms with Gasteiger partial charge in [-0.2, -0.15) is 0 Å². The van der Waals surface area contributed by atoms with Gasteiger partial charge in [-0.15, -0.1) is 0 Å². The van der Waals surface area contributed by atoms with E-state index in [4.69, 9.17) is 0 Å². The van der Waals surface area contributed by atoms with Crippen molar-refractivity contribution in [3.63, 3.8) is 0 Å². The maximum atomic E-state index is 11.5. The Bertz CT molecular complexity index is 393. The normalized spacial score (nSPS) is 9.95. The predicted molar refractivity (Wildman–Crippen MR) is 73.2 cm³/mol. The zero-order valence-corrected chi connectivity index (χ0v) is 11.3. The predicted octanol–water partition coefficient (Wildman–Crippen LogP) is 1.39. The van der Waals surface area contributed by atoms with Crippen molar-refractivity contribution in [3.8, 4) is 0 Å². The molecule has 1 aromatic rings. The molecule has 5 nitrogen and oxygen atoms in total. The molecule has 0 atom stereocenters. The van der Waals surface area contributed by atoms with E-state index in [1.54, 1.807) is 6.20 Å². The molecular weight excluding hydrogens is 242 g/mol. The van der Waals surface area contributed by atoms with Crippen LogP contribution in [0.2, 0.25) is 0 Å². The van der Waals surface area contributed by atoms with Crippen LogP contribution in [0.1, 0.15) is 38.3 Å². The Kier molecular flexibility index (Phi) is 7.24. The molecule has 1 aromatic heterocycles. The molecule has 2 amide bonds. The van der Waals surface area contributed by atoms with Crippen molar-refractivity contribution in [2.75, 3.05) is 6.54 Å². The van der Waals surface area contributed by atoms with E-state index in [2.05, 4.69) is 22.5 Å². The average Bonchev–Trinajstić information content (AvgIpc) is 2.44. The van der Waals surface area contributed by atoms with Crippen LogP contribution >= 0.6 is 0 Å². The third kappa shape index (κ3) is 7.18. The van der Waals surface area contributed by atoms with E-state index in [0.29, 0.717) is 13.1 Å². The maximum absolute atomic E-state index is 11.5. The van der Waals surface area contributed by atoms with E-state index in [1.807, 2.05) is 18.2 Å². The van der Waals surface area contributed by atoms with Gasteiger partial charge in [0.25, 0.3) is 0 Å². The summed E-state index contributed by atoms with van der Waals surface area (Å²) in [5.74, 6) is -0.197. The van der Waals surface area contributed by atoms with Gasteiger partial charge >= 0.3 is 0 Å². The van der Waals surface area contributed by atoms with Crippen LogP contribution in [0, 0.1) is 0 Å². The lowest BCUT2D eigenvalue weighted by atomic mass is 10.2. The number of unbranched alkanes of at least 4 members (excludes halogenated alkanes) is 1. The van der Waals surface area contributed by atoms with Crippen LogP contribution < -0.4 is 10.6 Å². The van der Waals surface area contributed by atoms with Crippen molar-refractivity contribution in [2.24, 2.45) is 0 Å². The lowest BCUT2D eigenvalue weighted by molar-refractivity contribution is -0.126. The van der Waals surface area contributed by atoms with Gasteiger partial charge in [0.2, 0.25) is 11.8 Å². The Hall–Kier alpha value is -1.91. The summed E-state index contributed by atoms with van der Waals surface area (Å²) in [6.45, 7) is 3.15. The van der Waals surface area contributed by atoms with E-state index in [0.717, 1.165) is 18.5 Å². The van der Waals surface area contributed by atoms with Crippen molar-refractivity contribution >= 4 is 11.8 Å². The summed E-state index contributed by atoms with van der Waals surface area (Å²) in [6.07, 6.45) is 4.15. The highest BCUT2D eigenvalue weighted by Gasteiger charge is 2.06. The monoisotopic (exact) mass is 263 g/mol. The Morgan fingerprint density at radius 2 is 1.89 bits per heavy atom. The summed E-state index contributed by atoms with van der Waals surface area (Å²) in [5.41, 5.74) is 0.809. The fourth-order valence-corrected chi connectivity index (χ4v) is 1.50. The molecule has 0 aliphatic rings. The van der Waals surface area contributed by atoms with Gasteiger partial charge in [-0.1, -0.05) is 19.4 Å². The van der Waals surface area contributed by atoms with Gasteiger partial charge in [-0.05, 0) is 18.6 Å². The molecule has 1 rings (SSSR count). The van der Waals surface area contributed by atoms with Gasteiger partial charge in [-0.3, -0.25) is 14.6 Å². The standard InChI is InChI=1S/C14H21N3O2/c1-2-3-9-16-13(18)7-8-14(19)17-11-12-6-4-5-10-15-12/h4-6,10H,2-3,7-9,11H2,1H3,(H,16,18)(H,17,19). The molecule has 2 N–H and O–H groups in total. The Morgan fingerprint density at radius 1 is 1.16 bits per heavy atom. The Labute approximate surface area is 113 Å². The first-order valence-corrected chi connectivity index (χ1v) is 6.65. The minimum Gasteiger partial charge on any atom is -0.356 e. The summed E-state index contributed by atoms with van der Waals surface area (Å²) in [6, 6.07) is 5.54.